The molecule has 0 bridgehead atoms. The fourth-order valence-electron chi connectivity index (χ4n) is 1.92. The Morgan fingerprint density at radius 1 is 1.20 bits per heavy atom. The molecule has 3 nitrogen and oxygen atoms in total. The minimum Gasteiger partial charge on any atom is -0.494 e. The molecule has 0 aromatic heterocycles. The Labute approximate surface area is 117 Å². The van der Waals surface area contributed by atoms with E-state index in [4.69, 9.17) is 10.5 Å². The Hall–Kier alpha value is -1.27. The summed E-state index contributed by atoms with van der Waals surface area (Å²) in [5.41, 5.74) is 6.76. The summed E-state index contributed by atoms with van der Waals surface area (Å²) in [4.78, 5) is 1.29. The van der Waals surface area contributed by atoms with Gasteiger partial charge in [-0.25, -0.2) is 0 Å². The molecule has 1 aromatic carbocycles. The molecule has 0 saturated carbocycles. The Balaban J connectivity index is 2.62. The summed E-state index contributed by atoms with van der Waals surface area (Å²) in [6.45, 7) is 3.69. The highest BCUT2D eigenvalue weighted by Gasteiger charge is 2.30. The maximum absolute atomic E-state index is 12.4. The number of rotatable bonds is 7. The van der Waals surface area contributed by atoms with Crippen LogP contribution in [0.5, 0.6) is 5.75 Å². The van der Waals surface area contributed by atoms with Crippen LogP contribution in [0.15, 0.2) is 24.3 Å². The third-order valence-electron chi connectivity index (χ3n) is 2.92. The average molecular weight is 290 g/mol. The molecule has 1 rings (SSSR count). The average Bonchev–Trinajstić information content (AvgIpc) is 2.37. The highest BCUT2D eigenvalue weighted by molar-refractivity contribution is 5.29. The van der Waals surface area contributed by atoms with Crippen molar-refractivity contribution < 1.29 is 17.9 Å². The number of hydrogen-bond donors (Lipinski definition) is 1. The second-order valence-corrected chi connectivity index (χ2v) is 4.55. The van der Waals surface area contributed by atoms with Crippen molar-refractivity contribution in [2.24, 2.45) is 5.73 Å². The molecule has 0 heterocycles. The zero-order chi connectivity index (χ0) is 15.2. The van der Waals surface area contributed by atoms with E-state index in [2.05, 4.69) is 0 Å². The van der Waals surface area contributed by atoms with Crippen molar-refractivity contribution >= 4 is 0 Å². The largest absolute Gasteiger partial charge is 0.494 e. The highest BCUT2D eigenvalue weighted by Crippen LogP contribution is 2.20. The molecule has 20 heavy (non-hydrogen) atoms. The zero-order valence-corrected chi connectivity index (χ0v) is 11.8. The van der Waals surface area contributed by atoms with Gasteiger partial charge in [-0.1, -0.05) is 19.1 Å². The van der Waals surface area contributed by atoms with Crippen molar-refractivity contribution in [1.82, 2.24) is 4.90 Å². The van der Waals surface area contributed by atoms with Gasteiger partial charge in [-0.3, -0.25) is 4.90 Å². The third-order valence-corrected chi connectivity index (χ3v) is 2.92. The quantitative estimate of drug-likeness (QED) is 0.839. The van der Waals surface area contributed by atoms with Crippen LogP contribution in [0.3, 0.4) is 0 Å². The number of benzene rings is 1. The van der Waals surface area contributed by atoms with Crippen LogP contribution in [-0.2, 0) is 0 Å². The molecule has 0 saturated heterocycles. The first-order chi connectivity index (χ1) is 9.35. The SMILES string of the molecule is CCOc1ccc(C(N)CN(CC)CC(F)(F)F)cc1. The van der Waals surface area contributed by atoms with Crippen LogP contribution in [0.25, 0.3) is 0 Å². The van der Waals surface area contributed by atoms with Crippen LogP contribution in [0.2, 0.25) is 0 Å². The summed E-state index contributed by atoms with van der Waals surface area (Å²) in [5, 5.41) is 0. The maximum atomic E-state index is 12.4. The summed E-state index contributed by atoms with van der Waals surface area (Å²) >= 11 is 0. The molecule has 1 atom stereocenters. The first kappa shape index (κ1) is 16.8. The standard InChI is InChI=1S/C14H21F3N2O/c1-3-19(10-14(15,16)17)9-13(18)11-5-7-12(8-6-11)20-4-2/h5-8,13H,3-4,9-10,18H2,1-2H3. The molecule has 1 unspecified atom stereocenters. The van der Waals surface area contributed by atoms with E-state index in [0.29, 0.717) is 13.2 Å². The van der Waals surface area contributed by atoms with Gasteiger partial charge in [-0.2, -0.15) is 13.2 Å². The van der Waals surface area contributed by atoms with E-state index in [9.17, 15) is 13.2 Å². The first-order valence-electron chi connectivity index (χ1n) is 6.63. The van der Waals surface area contributed by atoms with E-state index < -0.39 is 18.8 Å². The Bertz CT molecular complexity index is 392. The summed E-state index contributed by atoms with van der Waals surface area (Å²) in [5.74, 6) is 0.728. The van der Waals surface area contributed by atoms with Crippen LogP contribution in [-0.4, -0.2) is 37.3 Å². The fourth-order valence-corrected chi connectivity index (χ4v) is 1.92. The number of nitrogens with two attached hydrogens (primary N) is 1. The second-order valence-electron chi connectivity index (χ2n) is 4.55. The Morgan fingerprint density at radius 3 is 2.25 bits per heavy atom. The van der Waals surface area contributed by atoms with Crippen molar-refractivity contribution in [2.45, 2.75) is 26.1 Å². The minimum absolute atomic E-state index is 0.171. The summed E-state index contributed by atoms with van der Waals surface area (Å²) < 4.78 is 42.5. The van der Waals surface area contributed by atoms with Crippen LogP contribution in [0.1, 0.15) is 25.5 Å². The maximum Gasteiger partial charge on any atom is 0.401 e. The molecular weight excluding hydrogens is 269 g/mol. The molecule has 0 spiro atoms. The predicted octanol–water partition coefficient (Wildman–Crippen LogP) is 2.97. The van der Waals surface area contributed by atoms with Crippen molar-refractivity contribution in [3.05, 3.63) is 29.8 Å². The molecule has 114 valence electrons. The van der Waals surface area contributed by atoms with Gasteiger partial charge in [-0.05, 0) is 31.2 Å². The van der Waals surface area contributed by atoms with Crippen molar-refractivity contribution in [2.75, 3.05) is 26.2 Å². The van der Waals surface area contributed by atoms with Crippen molar-refractivity contribution in [3.8, 4) is 5.75 Å². The molecular formula is C14H21F3N2O. The van der Waals surface area contributed by atoms with E-state index in [1.54, 1.807) is 31.2 Å². The van der Waals surface area contributed by atoms with Crippen molar-refractivity contribution in [3.63, 3.8) is 0 Å². The van der Waals surface area contributed by atoms with Crippen LogP contribution < -0.4 is 10.5 Å². The lowest BCUT2D eigenvalue weighted by molar-refractivity contribution is -0.145. The molecule has 0 fully saturated rings. The second kappa shape index (κ2) is 7.50. The number of alkyl halides is 3. The molecule has 2 N–H and O–H groups in total. The monoisotopic (exact) mass is 290 g/mol. The smallest absolute Gasteiger partial charge is 0.401 e. The lowest BCUT2D eigenvalue weighted by atomic mass is 10.1. The van der Waals surface area contributed by atoms with E-state index in [1.807, 2.05) is 6.92 Å². The highest BCUT2D eigenvalue weighted by atomic mass is 19.4. The normalized spacial score (nSPS) is 13.6. The van der Waals surface area contributed by atoms with Gasteiger partial charge in [0.2, 0.25) is 0 Å². The number of hydrogen-bond acceptors (Lipinski definition) is 3. The topological polar surface area (TPSA) is 38.5 Å². The molecule has 1 aromatic rings. The van der Waals surface area contributed by atoms with Gasteiger partial charge >= 0.3 is 6.18 Å². The number of nitrogens with zero attached hydrogens (tertiary/aromatic N) is 1. The molecule has 0 radical (unpaired) electrons. The van der Waals surface area contributed by atoms with Gasteiger partial charge < -0.3 is 10.5 Å². The fraction of sp³-hybridized carbons (Fsp3) is 0.571. The molecule has 0 aliphatic carbocycles. The summed E-state index contributed by atoms with van der Waals surface area (Å²) in [7, 11) is 0. The minimum atomic E-state index is -4.20. The van der Waals surface area contributed by atoms with E-state index in [-0.39, 0.29) is 6.54 Å². The van der Waals surface area contributed by atoms with E-state index in [0.717, 1.165) is 11.3 Å². The van der Waals surface area contributed by atoms with Gasteiger partial charge in [0.25, 0.3) is 0 Å². The first-order valence-corrected chi connectivity index (χ1v) is 6.63. The van der Waals surface area contributed by atoms with Crippen LogP contribution in [0.4, 0.5) is 13.2 Å². The zero-order valence-electron chi connectivity index (χ0n) is 11.8. The molecule has 0 aliphatic heterocycles. The lowest BCUT2D eigenvalue weighted by Crippen LogP contribution is -2.38. The van der Waals surface area contributed by atoms with Crippen LogP contribution >= 0.6 is 0 Å². The predicted molar refractivity (Wildman–Crippen MR) is 72.7 cm³/mol. The van der Waals surface area contributed by atoms with Gasteiger partial charge in [0.05, 0.1) is 13.2 Å². The number of likely N-dealkylation sites (N-methyl/N-ethyl adjacent to an activating group) is 1. The molecule has 6 heteroatoms. The van der Waals surface area contributed by atoms with Gasteiger partial charge in [0.1, 0.15) is 5.75 Å². The van der Waals surface area contributed by atoms with Crippen LogP contribution in [0, 0.1) is 0 Å². The summed E-state index contributed by atoms with van der Waals surface area (Å²) in [6.07, 6.45) is -4.20. The van der Waals surface area contributed by atoms with Gasteiger partial charge in [-0.15, -0.1) is 0 Å². The lowest BCUT2D eigenvalue weighted by Gasteiger charge is -2.25. The Morgan fingerprint density at radius 2 is 1.80 bits per heavy atom. The Kier molecular flexibility index (Phi) is 6.29. The van der Waals surface area contributed by atoms with Gasteiger partial charge in [0.15, 0.2) is 0 Å². The molecule has 0 aliphatic rings. The van der Waals surface area contributed by atoms with E-state index in [1.165, 1.54) is 4.90 Å². The third kappa shape index (κ3) is 5.79. The van der Waals surface area contributed by atoms with E-state index >= 15 is 0 Å². The number of ether oxygens (including phenoxy) is 1. The summed E-state index contributed by atoms with van der Waals surface area (Å²) in [6, 6.07) is 6.68. The van der Waals surface area contributed by atoms with Gasteiger partial charge in [0, 0.05) is 12.6 Å². The van der Waals surface area contributed by atoms with Crippen molar-refractivity contribution in [1.29, 1.82) is 0 Å². The molecule has 0 amide bonds. The number of halogens is 3.